The molecule has 0 saturated carbocycles. The topological polar surface area (TPSA) is 38.3 Å². The Balaban J connectivity index is 2.23. The summed E-state index contributed by atoms with van der Waals surface area (Å²) in [6.07, 6.45) is 0. The van der Waals surface area contributed by atoms with Crippen molar-refractivity contribution in [2.45, 2.75) is 13.8 Å². The van der Waals surface area contributed by atoms with Crippen LogP contribution < -0.4 is 10.1 Å². The molecule has 0 bridgehead atoms. The molecule has 1 N–H and O–H groups in total. The lowest BCUT2D eigenvalue weighted by atomic mass is 10.1. The highest BCUT2D eigenvalue weighted by Gasteiger charge is 2.11. The quantitative estimate of drug-likeness (QED) is 0.907. The van der Waals surface area contributed by atoms with Gasteiger partial charge >= 0.3 is 0 Å². The Kier molecular flexibility index (Phi) is 4.45. The van der Waals surface area contributed by atoms with Gasteiger partial charge in [-0.3, -0.25) is 4.79 Å². The highest BCUT2D eigenvalue weighted by molar-refractivity contribution is 9.10. The molecule has 0 aliphatic heterocycles. The van der Waals surface area contributed by atoms with Gasteiger partial charge in [0.2, 0.25) is 0 Å². The first-order chi connectivity index (χ1) is 9.51. The van der Waals surface area contributed by atoms with E-state index < -0.39 is 0 Å². The average molecular weight is 334 g/mol. The van der Waals surface area contributed by atoms with E-state index in [-0.39, 0.29) is 5.91 Å². The first-order valence-corrected chi connectivity index (χ1v) is 7.02. The van der Waals surface area contributed by atoms with E-state index >= 15 is 0 Å². The lowest BCUT2D eigenvalue weighted by Crippen LogP contribution is -2.13. The van der Waals surface area contributed by atoms with E-state index in [0.29, 0.717) is 5.56 Å². The molecular weight excluding hydrogens is 318 g/mol. The normalized spacial score (nSPS) is 10.2. The van der Waals surface area contributed by atoms with Crippen LogP contribution in [-0.2, 0) is 0 Å². The van der Waals surface area contributed by atoms with Crippen LogP contribution in [0.5, 0.6) is 5.75 Å². The van der Waals surface area contributed by atoms with Crippen molar-refractivity contribution in [2.75, 3.05) is 12.4 Å². The first-order valence-electron chi connectivity index (χ1n) is 6.23. The van der Waals surface area contributed by atoms with Crippen LogP contribution in [-0.4, -0.2) is 13.0 Å². The highest BCUT2D eigenvalue weighted by Crippen LogP contribution is 2.23. The van der Waals surface area contributed by atoms with Crippen molar-refractivity contribution in [1.82, 2.24) is 0 Å². The van der Waals surface area contributed by atoms with E-state index in [9.17, 15) is 4.79 Å². The molecule has 2 rings (SSSR count). The second-order valence-electron chi connectivity index (χ2n) is 4.62. The smallest absolute Gasteiger partial charge is 0.256 e. The third-order valence-corrected chi connectivity index (χ3v) is 3.71. The van der Waals surface area contributed by atoms with E-state index in [1.807, 2.05) is 50.2 Å². The van der Waals surface area contributed by atoms with Gasteiger partial charge in [0.1, 0.15) is 5.75 Å². The molecule has 0 radical (unpaired) electrons. The molecule has 0 atom stereocenters. The maximum absolute atomic E-state index is 12.3. The SMILES string of the molecule is COc1ccc(NC(=O)c2ccc(C)cc2Br)c(C)c1. The van der Waals surface area contributed by atoms with Gasteiger partial charge in [-0.05, 0) is 71.2 Å². The fourth-order valence-electron chi connectivity index (χ4n) is 1.90. The van der Waals surface area contributed by atoms with Crippen LogP contribution in [0.3, 0.4) is 0 Å². The van der Waals surface area contributed by atoms with E-state index in [2.05, 4.69) is 21.2 Å². The number of nitrogens with one attached hydrogen (secondary N) is 1. The lowest BCUT2D eigenvalue weighted by Gasteiger charge is -2.11. The van der Waals surface area contributed by atoms with Gasteiger partial charge in [0.05, 0.1) is 12.7 Å². The number of rotatable bonds is 3. The van der Waals surface area contributed by atoms with Crippen LogP contribution in [0.2, 0.25) is 0 Å². The zero-order valence-electron chi connectivity index (χ0n) is 11.7. The molecule has 1 amide bonds. The van der Waals surface area contributed by atoms with E-state index in [1.165, 1.54) is 0 Å². The monoisotopic (exact) mass is 333 g/mol. The van der Waals surface area contributed by atoms with Gasteiger partial charge in [0, 0.05) is 10.2 Å². The van der Waals surface area contributed by atoms with Crippen LogP contribution in [0.25, 0.3) is 0 Å². The standard InChI is InChI=1S/C16H16BrNO2/c1-10-4-6-13(14(17)8-10)16(19)18-15-7-5-12(20-3)9-11(15)2/h4-9H,1-3H3,(H,18,19). The van der Waals surface area contributed by atoms with Crippen LogP contribution in [0, 0.1) is 13.8 Å². The van der Waals surface area contributed by atoms with Gasteiger partial charge in [-0.15, -0.1) is 0 Å². The molecule has 2 aromatic rings. The Morgan fingerprint density at radius 1 is 1.15 bits per heavy atom. The molecule has 0 aliphatic rings. The molecule has 2 aromatic carbocycles. The predicted octanol–water partition coefficient (Wildman–Crippen LogP) is 4.33. The Bertz CT molecular complexity index is 653. The maximum atomic E-state index is 12.3. The molecule has 0 heterocycles. The summed E-state index contributed by atoms with van der Waals surface area (Å²) in [5, 5.41) is 2.91. The number of anilines is 1. The van der Waals surface area contributed by atoms with Crippen molar-refractivity contribution < 1.29 is 9.53 Å². The number of hydrogen-bond donors (Lipinski definition) is 1. The molecule has 0 spiro atoms. The third-order valence-electron chi connectivity index (χ3n) is 3.05. The van der Waals surface area contributed by atoms with E-state index in [0.717, 1.165) is 27.0 Å². The Hall–Kier alpha value is -1.81. The number of amides is 1. The Labute approximate surface area is 127 Å². The zero-order valence-corrected chi connectivity index (χ0v) is 13.2. The van der Waals surface area contributed by atoms with Crippen LogP contribution >= 0.6 is 15.9 Å². The number of aryl methyl sites for hydroxylation is 2. The summed E-state index contributed by atoms with van der Waals surface area (Å²) in [6, 6.07) is 11.2. The van der Waals surface area contributed by atoms with Crippen molar-refractivity contribution >= 4 is 27.5 Å². The summed E-state index contributed by atoms with van der Waals surface area (Å²) >= 11 is 3.42. The molecular formula is C16H16BrNO2. The van der Waals surface area contributed by atoms with Crippen molar-refractivity contribution in [1.29, 1.82) is 0 Å². The molecule has 0 saturated heterocycles. The van der Waals surface area contributed by atoms with Crippen LogP contribution in [0.4, 0.5) is 5.69 Å². The number of carbonyl (C=O) groups is 1. The average Bonchev–Trinajstić information content (AvgIpc) is 2.40. The fourth-order valence-corrected chi connectivity index (χ4v) is 2.57. The summed E-state index contributed by atoms with van der Waals surface area (Å²) in [4.78, 5) is 12.3. The van der Waals surface area contributed by atoms with Gasteiger partial charge in [-0.25, -0.2) is 0 Å². The number of halogens is 1. The van der Waals surface area contributed by atoms with Gasteiger partial charge in [0.15, 0.2) is 0 Å². The Morgan fingerprint density at radius 2 is 1.90 bits per heavy atom. The molecule has 20 heavy (non-hydrogen) atoms. The highest BCUT2D eigenvalue weighted by atomic mass is 79.9. The van der Waals surface area contributed by atoms with Crippen LogP contribution in [0.15, 0.2) is 40.9 Å². The molecule has 3 nitrogen and oxygen atoms in total. The number of ether oxygens (including phenoxy) is 1. The van der Waals surface area contributed by atoms with Gasteiger partial charge < -0.3 is 10.1 Å². The minimum atomic E-state index is -0.134. The van der Waals surface area contributed by atoms with E-state index in [1.54, 1.807) is 7.11 Å². The van der Waals surface area contributed by atoms with Crippen molar-refractivity contribution in [3.63, 3.8) is 0 Å². The summed E-state index contributed by atoms with van der Waals surface area (Å²) in [5.74, 6) is 0.641. The molecule has 0 unspecified atom stereocenters. The molecule has 104 valence electrons. The number of carbonyl (C=O) groups excluding carboxylic acids is 1. The van der Waals surface area contributed by atoms with Crippen LogP contribution in [0.1, 0.15) is 21.5 Å². The number of benzene rings is 2. The fraction of sp³-hybridized carbons (Fsp3) is 0.188. The number of hydrogen-bond acceptors (Lipinski definition) is 2. The van der Waals surface area contributed by atoms with Crippen molar-refractivity contribution in [2.24, 2.45) is 0 Å². The first kappa shape index (κ1) is 14.6. The Morgan fingerprint density at radius 3 is 2.50 bits per heavy atom. The van der Waals surface area contributed by atoms with Gasteiger partial charge in [-0.1, -0.05) is 6.07 Å². The molecule has 0 aliphatic carbocycles. The summed E-state index contributed by atoms with van der Waals surface area (Å²) in [7, 11) is 1.62. The van der Waals surface area contributed by atoms with Gasteiger partial charge in [-0.2, -0.15) is 0 Å². The lowest BCUT2D eigenvalue weighted by molar-refractivity contribution is 0.102. The zero-order chi connectivity index (χ0) is 14.7. The predicted molar refractivity (Wildman–Crippen MR) is 84.6 cm³/mol. The second kappa shape index (κ2) is 6.09. The van der Waals surface area contributed by atoms with Crippen molar-refractivity contribution in [3.05, 3.63) is 57.6 Å². The van der Waals surface area contributed by atoms with E-state index in [4.69, 9.17) is 4.74 Å². The summed E-state index contributed by atoms with van der Waals surface area (Å²) < 4.78 is 5.94. The number of methoxy groups -OCH3 is 1. The largest absolute Gasteiger partial charge is 0.497 e. The third kappa shape index (κ3) is 3.20. The van der Waals surface area contributed by atoms with Crippen molar-refractivity contribution in [3.8, 4) is 5.75 Å². The minimum absolute atomic E-state index is 0.134. The summed E-state index contributed by atoms with van der Waals surface area (Å²) in [6.45, 7) is 3.92. The molecule has 0 aromatic heterocycles. The molecule has 0 fully saturated rings. The van der Waals surface area contributed by atoms with Gasteiger partial charge in [0.25, 0.3) is 5.91 Å². The minimum Gasteiger partial charge on any atom is -0.497 e. The second-order valence-corrected chi connectivity index (χ2v) is 5.47. The maximum Gasteiger partial charge on any atom is 0.256 e. The summed E-state index contributed by atoms with van der Waals surface area (Å²) in [5.41, 5.74) is 3.46. The molecule has 4 heteroatoms.